The molecule has 10 heavy (non-hydrogen) atoms. The Labute approximate surface area is 60.3 Å². The fourth-order valence-electron chi connectivity index (χ4n) is 1.30. The number of hydrazone groups is 1. The highest BCUT2D eigenvalue weighted by atomic mass is 15.3. The molecule has 2 aliphatic rings. The van der Waals surface area contributed by atoms with E-state index < -0.39 is 0 Å². The molecule has 0 amide bonds. The van der Waals surface area contributed by atoms with E-state index in [1.807, 2.05) is 6.21 Å². The molecule has 2 heteroatoms. The molecule has 2 rings (SSSR count). The second-order valence-electron chi connectivity index (χ2n) is 2.57. The lowest BCUT2D eigenvalue weighted by molar-refractivity contribution is 0.657. The fourth-order valence-corrected chi connectivity index (χ4v) is 1.30. The maximum atomic E-state index is 3.99. The summed E-state index contributed by atoms with van der Waals surface area (Å²) in [6.07, 6.45) is 10.6. The molecule has 52 valence electrons. The predicted octanol–water partition coefficient (Wildman–Crippen LogP) is 1.22. The average Bonchev–Trinajstić information content (AvgIpc) is 2.05. The van der Waals surface area contributed by atoms with E-state index in [0.29, 0.717) is 6.04 Å². The molecular weight excluding hydrogens is 124 g/mol. The van der Waals surface area contributed by atoms with Crippen LogP contribution in [0, 0.1) is 0 Å². The zero-order chi connectivity index (χ0) is 6.81. The lowest BCUT2D eigenvalue weighted by atomic mass is 9.98. The highest BCUT2D eigenvalue weighted by Gasteiger charge is 2.13. The van der Waals surface area contributed by atoms with E-state index in [4.69, 9.17) is 0 Å². The lowest BCUT2D eigenvalue weighted by Crippen LogP contribution is -2.29. The van der Waals surface area contributed by atoms with Crippen molar-refractivity contribution in [2.45, 2.75) is 18.9 Å². The average molecular weight is 134 g/mol. The first-order chi connectivity index (χ1) is 4.97. The minimum atomic E-state index is 0.388. The van der Waals surface area contributed by atoms with Crippen LogP contribution in [0.1, 0.15) is 12.8 Å². The van der Waals surface area contributed by atoms with E-state index in [2.05, 4.69) is 28.8 Å². The maximum absolute atomic E-state index is 3.99. The Kier molecular flexibility index (Phi) is 1.31. The van der Waals surface area contributed by atoms with E-state index in [1.54, 1.807) is 0 Å². The molecule has 0 spiro atoms. The highest BCUT2D eigenvalue weighted by molar-refractivity contribution is 5.63. The molecule has 0 aromatic rings. The summed E-state index contributed by atoms with van der Waals surface area (Å²) in [6, 6.07) is 0.388. The van der Waals surface area contributed by atoms with Crippen molar-refractivity contribution in [3.8, 4) is 0 Å². The van der Waals surface area contributed by atoms with Gasteiger partial charge in [-0.3, -0.25) is 5.43 Å². The quantitative estimate of drug-likeness (QED) is 0.495. The topological polar surface area (TPSA) is 24.4 Å². The standard InChI is InChI=1S/C8H10N2/c1-2-4-8-7(3-1)5-6-9-10-8/h2-4,6,8,10H,1,5H2. The van der Waals surface area contributed by atoms with Crippen LogP contribution in [-0.4, -0.2) is 12.3 Å². The summed E-state index contributed by atoms with van der Waals surface area (Å²) in [6.45, 7) is 0. The Morgan fingerprint density at radius 3 is 3.50 bits per heavy atom. The van der Waals surface area contributed by atoms with Gasteiger partial charge in [0.25, 0.3) is 0 Å². The smallest absolute Gasteiger partial charge is 0.0834 e. The van der Waals surface area contributed by atoms with Gasteiger partial charge in [-0.1, -0.05) is 18.2 Å². The molecule has 1 atom stereocenters. The Hall–Kier alpha value is -1.05. The Morgan fingerprint density at radius 1 is 1.60 bits per heavy atom. The Morgan fingerprint density at radius 2 is 2.60 bits per heavy atom. The molecule has 0 fully saturated rings. The van der Waals surface area contributed by atoms with Crippen LogP contribution in [0.4, 0.5) is 0 Å². The third kappa shape index (κ3) is 0.856. The molecule has 0 aromatic carbocycles. The molecule has 1 aliphatic heterocycles. The molecule has 0 saturated carbocycles. The summed E-state index contributed by atoms with van der Waals surface area (Å²) >= 11 is 0. The van der Waals surface area contributed by atoms with Gasteiger partial charge in [0.2, 0.25) is 0 Å². The van der Waals surface area contributed by atoms with E-state index in [1.165, 1.54) is 5.57 Å². The van der Waals surface area contributed by atoms with E-state index in [9.17, 15) is 0 Å². The van der Waals surface area contributed by atoms with Gasteiger partial charge in [0, 0.05) is 12.6 Å². The first kappa shape index (κ1) is 5.71. The second kappa shape index (κ2) is 2.29. The largest absolute Gasteiger partial charge is 0.299 e. The number of hydrogen-bond donors (Lipinski definition) is 1. The van der Waals surface area contributed by atoms with Gasteiger partial charge in [-0.15, -0.1) is 0 Å². The maximum Gasteiger partial charge on any atom is 0.0834 e. The summed E-state index contributed by atoms with van der Waals surface area (Å²) in [4.78, 5) is 0. The number of allylic oxidation sites excluding steroid dienone is 2. The minimum Gasteiger partial charge on any atom is -0.299 e. The van der Waals surface area contributed by atoms with Gasteiger partial charge in [-0.2, -0.15) is 5.10 Å². The summed E-state index contributed by atoms with van der Waals surface area (Å²) < 4.78 is 0. The van der Waals surface area contributed by atoms with Gasteiger partial charge < -0.3 is 0 Å². The number of nitrogens with zero attached hydrogens (tertiary/aromatic N) is 1. The predicted molar refractivity (Wildman–Crippen MR) is 41.9 cm³/mol. The first-order valence-electron chi connectivity index (χ1n) is 3.59. The molecule has 1 heterocycles. The van der Waals surface area contributed by atoms with Crippen LogP contribution in [0.3, 0.4) is 0 Å². The van der Waals surface area contributed by atoms with Crippen molar-refractivity contribution in [3.63, 3.8) is 0 Å². The third-order valence-corrected chi connectivity index (χ3v) is 1.88. The number of rotatable bonds is 0. The second-order valence-corrected chi connectivity index (χ2v) is 2.57. The van der Waals surface area contributed by atoms with Gasteiger partial charge in [0.15, 0.2) is 0 Å². The zero-order valence-corrected chi connectivity index (χ0v) is 5.75. The van der Waals surface area contributed by atoms with Crippen molar-refractivity contribution in [1.29, 1.82) is 0 Å². The van der Waals surface area contributed by atoms with Crippen molar-refractivity contribution in [2.24, 2.45) is 5.10 Å². The molecule has 2 nitrogen and oxygen atoms in total. The summed E-state index contributed by atoms with van der Waals surface area (Å²) in [7, 11) is 0. The van der Waals surface area contributed by atoms with Crippen molar-refractivity contribution in [3.05, 3.63) is 23.8 Å². The Balaban J connectivity index is 2.23. The van der Waals surface area contributed by atoms with Gasteiger partial charge in [0.05, 0.1) is 6.04 Å². The number of fused-ring (bicyclic) bond motifs is 1. The molecule has 0 bridgehead atoms. The van der Waals surface area contributed by atoms with Crippen LogP contribution in [0.2, 0.25) is 0 Å². The third-order valence-electron chi connectivity index (χ3n) is 1.88. The Bertz CT molecular complexity index is 213. The number of nitrogens with one attached hydrogen (secondary N) is 1. The van der Waals surface area contributed by atoms with Crippen molar-refractivity contribution < 1.29 is 0 Å². The summed E-state index contributed by atoms with van der Waals surface area (Å²) in [5.74, 6) is 0. The zero-order valence-electron chi connectivity index (χ0n) is 5.75. The normalized spacial score (nSPS) is 28.8. The highest BCUT2D eigenvalue weighted by Crippen LogP contribution is 2.16. The summed E-state index contributed by atoms with van der Waals surface area (Å²) in [5, 5.41) is 3.99. The van der Waals surface area contributed by atoms with Gasteiger partial charge >= 0.3 is 0 Å². The van der Waals surface area contributed by atoms with Crippen LogP contribution in [0.15, 0.2) is 28.9 Å². The van der Waals surface area contributed by atoms with Crippen molar-refractivity contribution in [2.75, 3.05) is 0 Å². The van der Waals surface area contributed by atoms with Gasteiger partial charge in [0.1, 0.15) is 0 Å². The van der Waals surface area contributed by atoms with Crippen LogP contribution >= 0.6 is 0 Å². The van der Waals surface area contributed by atoms with E-state index in [0.717, 1.165) is 12.8 Å². The number of hydrogen-bond acceptors (Lipinski definition) is 2. The van der Waals surface area contributed by atoms with Crippen molar-refractivity contribution in [1.82, 2.24) is 5.43 Å². The molecule has 1 aliphatic carbocycles. The van der Waals surface area contributed by atoms with E-state index >= 15 is 0 Å². The SMILES string of the molecule is C1=CC2NN=CCC2=CC1. The molecule has 0 radical (unpaired) electrons. The van der Waals surface area contributed by atoms with E-state index in [-0.39, 0.29) is 0 Å². The molecule has 0 saturated heterocycles. The molecule has 1 unspecified atom stereocenters. The molecular formula is C8H10N2. The van der Waals surface area contributed by atoms with Gasteiger partial charge in [-0.05, 0) is 12.0 Å². The lowest BCUT2D eigenvalue weighted by Gasteiger charge is -2.21. The van der Waals surface area contributed by atoms with Crippen LogP contribution in [-0.2, 0) is 0 Å². The monoisotopic (exact) mass is 134 g/mol. The fraction of sp³-hybridized carbons (Fsp3) is 0.375. The van der Waals surface area contributed by atoms with Crippen LogP contribution in [0.5, 0.6) is 0 Å². The van der Waals surface area contributed by atoms with Crippen LogP contribution in [0.25, 0.3) is 0 Å². The van der Waals surface area contributed by atoms with Gasteiger partial charge in [-0.25, -0.2) is 0 Å². The van der Waals surface area contributed by atoms with Crippen molar-refractivity contribution >= 4 is 6.21 Å². The minimum absolute atomic E-state index is 0.388. The molecule has 0 aromatic heterocycles. The van der Waals surface area contributed by atoms with Crippen LogP contribution < -0.4 is 5.43 Å². The molecule has 1 N–H and O–H groups in total. The first-order valence-corrected chi connectivity index (χ1v) is 3.59. The summed E-state index contributed by atoms with van der Waals surface area (Å²) in [5.41, 5.74) is 4.49.